The number of carbonyl (C=O) groups excluding carboxylic acids is 2. The monoisotopic (exact) mass is 548 g/mol. The largest absolute Gasteiger partial charge is 0.416 e. The van der Waals surface area contributed by atoms with Gasteiger partial charge in [-0.2, -0.15) is 18.4 Å². The highest BCUT2D eigenvalue weighted by molar-refractivity contribution is 6.53. The summed E-state index contributed by atoms with van der Waals surface area (Å²) in [5.41, 5.74) is -1.17. The van der Waals surface area contributed by atoms with E-state index in [0.29, 0.717) is 12.8 Å². The lowest BCUT2D eigenvalue weighted by Crippen LogP contribution is -2.17. The molecule has 0 spiro atoms. The van der Waals surface area contributed by atoms with Crippen molar-refractivity contribution in [1.29, 1.82) is 5.26 Å². The van der Waals surface area contributed by atoms with E-state index in [4.69, 9.17) is 46.4 Å². The average molecular weight is 550 g/mol. The SMILES string of the molecule is N#CC1(CC(=O)c2cc(NC(=O)C3C(c4cc(Cl)cc(C(F)(F)F)c4)C3(Cl)Cl)ccc2Cl)CC1. The number of nitrogens with zero attached hydrogens (tertiary/aromatic N) is 1. The fourth-order valence-electron chi connectivity index (χ4n) is 3.94. The summed E-state index contributed by atoms with van der Waals surface area (Å²) in [6.07, 6.45) is -3.34. The van der Waals surface area contributed by atoms with Crippen LogP contribution in [0.1, 0.15) is 46.7 Å². The van der Waals surface area contributed by atoms with Crippen molar-refractivity contribution in [3.63, 3.8) is 0 Å². The van der Waals surface area contributed by atoms with Gasteiger partial charge in [-0.1, -0.05) is 23.2 Å². The van der Waals surface area contributed by atoms with Crippen LogP contribution in [0.15, 0.2) is 36.4 Å². The second-order valence-electron chi connectivity index (χ2n) is 8.58. The number of alkyl halides is 5. The summed E-state index contributed by atoms with van der Waals surface area (Å²) in [5, 5.41) is 11.8. The van der Waals surface area contributed by atoms with Crippen LogP contribution in [0.25, 0.3) is 0 Å². The smallest absolute Gasteiger partial charge is 0.326 e. The van der Waals surface area contributed by atoms with Crippen LogP contribution in [0, 0.1) is 22.7 Å². The van der Waals surface area contributed by atoms with Crippen molar-refractivity contribution >= 4 is 63.8 Å². The third kappa shape index (κ3) is 4.87. The molecular formula is C23H15Cl4F3N2O2. The van der Waals surface area contributed by atoms with Crippen LogP contribution in [-0.2, 0) is 11.0 Å². The molecule has 0 aromatic heterocycles. The average Bonchev–Trinajstić information content (AvgIpc) is 3.63. The molecule has 1 amide bonds. The molecule has 0 saturated heterocycles. The van der Waals surface area contributed by atoms with Gasteiger partial charge in [0.2, 0.25) is 5.91 Å². The first kappa shape index (κ1) is 25.1. The van der Waals surface area contributed by atoms with Crippen molar-refractivity contribution in [3.05, 3.63) is 63.1 Å². The lowest BCUT2D eigenvalue weighted by molar-refractivity contribution is -0.137. The zero-order chi connectivity index (χ0) is 25.1. The highest BCUT2D eigenvalue weighted by Gasteiger charge is 2.67. The van der Waals surface area contributed by atoms with Gasteiger partial charge in [-0.05, 0) is 54.8 Å². The molecule has 2 aromatic rings. The molecule has 11 heteroatoms. The normalized spacial score (nSPS) is 21.9. The maximum Gasteiger partial charge on any atom is 0.416 e. The molecule has 2 unspecified atom stereocenters. The van der Waals surface area contributed by atoms with Gasteiger partial charge in [0.25, 0.3) is 0 Å². The molecule has 0 bridgehead atoms. The Morgan fingerprint density at radius 2 is 1.79 bits per heavy atom. The second kappa shape index (κ2) is 8.60. The fourth-order valence-corrected chi connectivity index (χ4v) is 5.24. The predicted molar refractivity (Wildman–Crippen MR) is 123 cm³/mol. The summed E-state index contributed by atoms with van der Waals surface area (Å²) in [6.45, 7) is 0. The third-order valence-corrected chi connectivity index (χ3v) is 7.55. The second-order valence-corrected chi connectivity index (χ2v) is 10.9. The van der Waals surface area contributed by atoms with Gasteiger partial charge in [0.05, 0.1) is 28.0 Å². The summed E-state index contributed by atoms with van der Waals surface area (Å²) in [5.74, 6) is -2.94. The summed E-state index contributed by atoms with van der Waals surface area (Å²) in [6, 6.07) is 9.36. The number of benzene rings is 2. The van der Waals surface area contributed by atoms with E-state index in [2.05, 4.69) is 11.4 Å². The number of nitrogens with one attached hydrogen (secondary N) is 1. The number of Topliss-reactive ketones (excluding diaryl/α,β-unsaturated/α-hetero) is 1. The maximum atomic E-state index is 13.2. The van der Waals surface area contributed by atoms with Gasteiger partial charge >= 0.3 is 6.18 Å². The van der Waals surface area contributed by atoms with Gasteiger partial charge in [0.1, 0.15) is 4.33 Å². The Morgan fingerprint density at radius 1 is 1.12 bits per heavy atom. The number of hydrogen-bond donors (Lipinski definition) is 1. The van der Waals surface area contributed by atoms with Crippen LogP contribution in [0.3, 0.4) is 0 Å². The van der Waals surface area contributed by atoms with E-state index in [1.54, 1.807) is 0 Å². The van der Waals surface area contributed by atoms with Crippen LogP contribution in [-0.4, -0.2) is 16.0 Å². The molecular weight excluding hydrogens is 535 g/mol. The number of hydrogen-bond acceptors (Lipinski definition) is 3. The van der Waals surface area contributed by atoms with E-state index >= 15 is 0 Å². The minimum absolute atomic E-state index is 0.0219. The van der Waals surface area contributed by atoms with Gasteiger partial charge in [-0.15, -0.1) is 23.2 Å². The first-order valence-corrected chi connectivity index (χ1v) is 11.6. The molecule has 34 heavy (non-hydrogen) atoms. The molecule has 2 atom stereocenters. The van der Waals surface area contributed by atoms with Gasteiger partial charge in [0.15, 0.2) is 5.78 Å². The summed E-state index contributed by atoms with van der Waals surface area (Å²) in [4.78, 5) is 25.6. The number of amides is 1. The van der Waals surface area contributed by atoms with Crippen LogP contribution in [0.4, 0.5) is 18.9 Å². The number of halogens is 7. The highest BCUT2D eigenvalue weighted by Crippen LogP contribution is 2.65. The number of rotatable bonds is 6. The molecule has 4 rings (SSSR count). The van der Waals surface area contributed by atoms with E-state index < -0.39 is 39.2 Å². The van der Waals surface area contributed by atoms with Crippen LogP contribution >= 0.6 is 46.4 Å². The molecule has 0 aliphatic heterocycles. The van der Waals surface area contributed by atoms with E-state index in [1.807, 2.05) is 0 Å². The minimum atomic E-state index is -4.63. The Balaban J connectivity index is 1.53. The minimum Gasteiger partial charge on any atom is -0.326 e. The molecule has 4 nitrogen and oxygen atoms in total. The molecule has 2 aliphatic carbocycles. The molecule has 0 heterocycles. The van der Waals surface area contributed by atoms with E-state index in [-0.39, 0.29) is 39.1 Å². The number of nitriles is 1. The Kier molecular flexibility index (Phi) is 6.35. The Morgan fingerprint density at radius 3 is 2.38 bits per heavy atom. The lowest BCUT2D eigenvalue weighted by atomic mass is 9.96. The summed E-state index contributed by atoms with van der Waals surface area (Å²) in [7, 11) is 0. The van der Waals surface area contributed by atoms with Crippen molar-refractivity contribution in [2.75, 3.05) is 5.32 Å². The number of anilines is 1. The van der Waals surface area contributed by atoms with Crippen molar-refractivity contribution in [1.82, 2.24) is 0 Å². The highest BCUT2D eigenvalue weighted by atomic mass is 35.5. The first-order valence-electron chi connectivity index (χ1n) is 10.1. The van der Waals surface area contributed by atoms with Crippen LogP contribution < -0.4 is 5.32 Å². The van der Waals surface area contributed by atoms with Crippen molar-refractivity contribution in [3.8, 4) is 6.07 Å². The van der Waals surface area contributed by atoms with E-state index in [9.17, 15) is 28.0 Å². The molecule has 2 fully saturated rings. The van der Waals surface area contributed by atoms with E-state index in [0.717, 1.165) is 12.1 Å². The van der Waals surface area contributed by atoms with Crippen LogP contribution in [0.2, 0.25) is 10.0 Å². The van der Waals surface area contributed by atoms with Gasteiger partial charge in [-0.3, -0.25) is 9.59 Å². The summed E-state index contributed by atoms with van der Waals surface area (Å²) < 4.78 is 37.9. The van der Waals surface area contributed by atoms with Gasteiger partial charge < -0.3 is 5.32 Å². The molecule has 178 valence electrons. The topological polar surface area (TPSA) is 70.0 Å². The quantitative estimate of drug-likeness (QED) is 0.301. The van der Waals surface area contributed by atoms with Gasteiger partial charge in [0, 0.05) is 28.6 Å². The van der Waals surface area contributed by atoms with Crippen molar-refractivity contribution in [2.45, 2.75) is 35.7 Å². The Labute approximate surface area is 212 Å². The third-order valence-electron chi connectivity index (χ3n) is 6.07. The lowest BCUT2D eigenvalue weighted by Gasteiger charge is -2.11. The molecule has 2 aliphatic rings. The number of ketones is 1. The Bertz CT molecular complexity index is 1240. The Hall–Kier alpha value is -1.98. The molecule has 2 aromatic carbocycles. The standard InChI is InChI=1S/C23H15Cl4F3N2O2/c24-13-6-11(5-12(7-13)23(28,29)30)18-19(22(18,26)27)20(34)32-14-1-2-16(25)15(8-14)17(33)9-21(10-31)3-4-21/h1-2,5-8,18-19H,3-4,9H2,(H,32,34). The fraction of sp³-hybridized carbons (Fsp3) is 0.348. The predicted octanol–water partition coefficient (Wildman–Crippen LogP) is 7.41. The van der Waals surface area contributed by atoms with Crippen LogP contribution in [0.5, 0.6) is 0 Å². The summed E-state index contributed by atoms with van der Waals surface area (Å²) >= 11 is 24.5. The van der Waals surface area contributed by atoms with Crippen molar-refractivity contribution in [2.24, 2.45) is 11.3 Å². The molecule has 2 saturated carbocycles. The first-order chi connectivity index (χ1) is 15.8. The van der Waals surface area contributed by atoms with Gasteiger partial charge in [-0.25, -0.2) is 0 Å². The zero-order valence-electron chi connectivity index (χ0n) is 17.1. The van der Waals surface area contributed by atoms with E-state index in [1.165, 1.54) is 24.3 Å². The molecule has 0 radical (unpaired) electrons. The van der Waals surface area contributed by atoms with Crippen molar-refractivity contribution < 1.29 is 22.8 Å². The maximum absolute atomic E-state index is 13.2. The number of carbonyl (C=O) groups is 2. The zero-order valence-corrected chi connectivity index (χ0v) is 20.2. The molecule has 1 N–H and O–H groups in total.